The van der Waals surface area contributed by atoms with E-state index in [1.165, 1.54) is 0 Å². The lowest BCUT2D eigenvalue weighted by Crippen LogP contribution is -2.05. The summed E-state index contributed by atoms with van der Waals surface area (Å²) < 4.78 is 0. The lowest BCUT2D eigenvalue weighted by molar-refractivity contribution is -0.402. The summed E-state index contributed by atoms with van der Waals surface area (Å²) in [6.45, 7) is 0. The second-order valence-electron chi connectivity index (χ2n) is 5.07. The van der Waals surface area contributed by atoms with E-state index in [1.807, 2.05) is 0 Å². The number of nitrogens with zero attached hydrogens (tertiary/aromatic N) is 5. The van der Waals surface area contributed by atoms with Crippen molar-refractivity contribution in [2.75, 3.05) is 5.73 Å². The Morgan fingerprint density at radius 3 is 1.29 bits per heavy atom. The molecule has 2 aromatic carbocycles. The highest BCUT2D eigenvalue weighted by molar-refractivity contribution is 5.94. The van der Waals surface area contributed by atoms with Gasteiger partial charge in [0.15, 0.2) is 0 Å². The fourth-order valence-corrected chi connectivity index (χ4v) is 2.35. The number of benzene rings is 2. The highest BCUT2D eigenvalue weighted by atomic mass is 16.6. The fraction of sp³-hybridized carbons (Fsp3) is 0. The third kappa shape index (κ3) is 3.31. The number of nitrogen functional groups attached to an aromatic ring is 1. The van der Waals surface area contributed by atoms with Gasteiger partial charge in [0, 0.05) is 11.6 Å². The van der Waals surface area contributed by atoms with Crippen molar-refractivity contribution in [3.63, 3.8) is 0 Å². The molecule has 0 aliphatic heterocycles. The van der Waals surface area contributed by atoms with Crippen LogP contribution in [-0.4, -0.2) is 24.6 Å². The minimum absolute atomic E-state index is 0.381. The fourth-order valence-electron chi connectivity index (χ4n) is 2.35. The van der Waals surface area contributed by atoms with Crippen LogP contribution in [0.5, 0.6) is 0 Å². The van der Waals surface area contributed by atoms with E-state index in [0.29, 0.717) is 24.3 Å². The average molecular weight is 394 g/mol. The van der Waals surface area contributed by atoms with Crippen LogP contribution in [0.25, 0.3) is 11.1 Å². The molecule has 2 N–H and O–H groups in total. The summed E-state index contributed by atoms with van der Waals surface area (Å²) in [4.78, 5) is 50.0. The number of nitro benzene ring substituents is 5. The highest BCUT2D eigenvalue weighted by Gasteiger charge is 2.35. The van der Waals surface area contributed by atoms with E-state index >= 15 is 0 Å². The molecular weight excluding hydrogens is 388 g/mol. The summed E-state index contributed by atoms with van der Waals surface area (Å²) in [6, 6.07) is 1.81. The predicted octanol–water partition coefficient (Wildman–Crippen LogP) is 2.48. The van der Waals surface area contributed by atoms with E-state index in [9.17, 15) is 50.6 Å². The quantitative estimate of drug-likeness (QED) is 0.423. The van der Waals surface area contributed by atoms with Gasteiger partial charge in [-0.15, -0.1) is 0 Å². The van der Waals surface area contributed by atoms with E-state index in [4.69, 9.17) is 5.73 Å². The van der Waals surface area contributed by atoms with Gasteiger partial charge in [-0.2, -0.15) is 0 Å². The summed E-state index contributed by atoms with van der Waals surface area (Å²) in [7, 11) is 0. The van der Waals surface area contributed by atoms with Gasteiger partial charge in [0.05, 0.1) is 42.8 Å². The Bertz CT molecular complexity index is 1050. The van der Waals surface area contributed by atoms with Gasteiger partial charge in [0.1, 0.15) is 11.3 Å². The summed E-state index contributed by atoms with van der Waals surface area (Å²) in [5.74, 6) is 0. The number of hydrogen-bond acceptors (Lipinski definition) is 11. The van der Waals surface area contributed by atoms with Gasteiger partial charge < -0.3 is 5.73 Å². The van der Waals surface area contributed by atoms with Gasteiger partial charge in [-0.05, 0) is 0 Å². The third-order valence-electron chi connectivity index (χ3n) is 3.51. The van der Waals surface area contributed by atoms with Crippen LogP contribution in [0.2, 0.25) is 0 Å². The Labute approximate surface area is 151 Å². The van der Waals surface area contributed by atoms with Gasteiger partial charge in [0.2, 0.25) is 0 Å². The van der Waals surface area contributed by atoms with Crippen molar-refractivity contribution < 1.29 is 24.6 Å². The van der Waals surface area contributed by atoms with E-state index < -0.39 is 69.9 Å². The lowest BCUT2D eigenvalue weighted by atomic mass is 9.97. The maximum Gasteiger partial charge on any atom is 0.299 e. The first kappa shape index (κ1) is 19.6. The van der Waals surface area contributed by atoms with E-state index in [0.717, 1.165) is 0 Å². The Hall–Kier alpha value is -4.76. The first-order chi connectivity index (χ1) is 13.0. The molecule has 144 valence electrons. The Morgan fingerprint density at radius 1 is 0.571 bits per heavy atom. The van der Waals surface area contributed by atoms with Crippen LogP contribution >= 0.6 is 0 Å². The molecule has 2 rings (SSSR count). The highest BCUT2D eigenvalue weighted by Crippen LogP contribution is 2.46. The van der Waals surface area contributed by atoms with Crippen molar-refractivity contribution in [1.29, 1.82) is 0 Å². The molecule has 0 bridgehead atoms. The molecule has 0 saturated heterocycles. The molecule has 28 heavy (non-hydrogen) atoms. The second-order valence-corrected chi connectivity index (χ2v) is 5.07. The molecule has 0 unspecified atom stereocenters. The molecule has 16 nitrogen and oxygen atoms in total. The predicted molar refractivity (Wildman–Crippen MR) is 89.6 cm³/mol. The first-order valence-electron chi connectivity index (χ1n) is 6.79. The molecule has 0 saturated carbocycles. The maximum absolute atomic E-state index is 11.3. The van der Waals surface area contributed by atoms with Crippen molar-refractivity contribution in [2.24, 2.45) is 0 Å². The molecule has 0 aromatic heterocycles. The van der Waals surface area contributed by atoms with E-state index in [1.54, 1.807) is 0 Å². The molecule has 0 aliphatic rings. The number of nitro groups is 5. The summed E-state index contributed by atoms with van der Waals surface area (Å²) in [5, 5.41) is 55.7. The molecule has 0 aliphatic carbocycles. The second kappa shape index (κ2) is 6.86. The third-order valence-corrected chi connectivity index (χ3v) is 3.51. The Kier molecular flexibility index (Phi) is 4.79. The SMILES string of the molecule is Nc1c(-c2c([N+](=O)[O-])cc([N+](=O)[O-])cc2[N+](=O)[O-])cc([N+](=O)[O-])cc1[N+](=O)[O-]. The summed E-state index contributed by atoms with van der Waals surface area (Å²) in [5.41, 5.74) is -2.24. The maximum atomic E-state index is 11.3. The molecule has 0 radical (unpaired) electrons. The monoisotopic (exact) mass is 394 g/mol. The topological polar surface area (TPSA) is 242 Å². The molecule has 0 atom stereocenters. The van der Waals surface area contributed by atoms with Crippen LogP contribution in [0.1, 0.15) is 0 Å². The van der Waals surface area contributed by atoms with Crippen molar-refractivity contribution in [2.45, 2.75) is 0 Å². The van der Waals surface area contributed by atoms with Crippen molar-refractivity contribution >= 4 is 34.1 Å². The first-order valence-corrected chi connectivity index (χ1v) is 6.79. The normalized spacial score (nSPS) is 10.3. The van der Waals surface area contributed by atoms with Gasteiger partial charge in [-0.1, -0.05) is 0 Å². The van der Waals surface area contributed by atoms with Gasteiger partial charge in [0.25, 0.3) is 28.4 Å². The minimum atomic E-state index is -1.21. The number of nitrogens with two attached hydrogens (primary N) is 1. The van der Waals surface area contributed by atoms with Crippen LogP contribution in [-0.2, 0) is 0 Å². The Morgan fingerprint density at radius 2 is 0.929 bits per heavy atom. The largest absolute Gasteiger partial charge is 0.393 e. The summed E-state index contributed by atoms with van der Waals surface area (Å²) in [6.07, 6.45) is 0. The van der Waals surface area contributed by atoms with Gasteiger partial charge in [-0.25, -0.2) is 0 Å². The smallest absolute Gasteiger partial charge is 0.299 e. The van der Waals surface area contributed by atoms with Crippen LogP contribution in [0.15, 0.2) is 24.3 Å². The zero-order valence-corrected chi connectivity index (χ0v) is 13.2. The lowest BCUT2D eigenvalue weighted by Gasteiger charge is -2.08. The molecule has 0 fully saturated rings. The molecule has 0 heterocycles. The average Bonchev–Trinajstić information content (AvgIpc) is 2.60. The van der Waals surface area contributed by atoms with E-state index in [2.05, 4.69) is 0 Å². The van der Waals surface area contributed by atoms with Crippen molar-refractivity contribution in [3.05, 3.63) is 74.8 Å². The number of rotatable bonds is 6. The van der Waals surface area contributed by atoms with Crippen LogP contribution in [0, 0.1) is 50.6 Å². The van der Waals surface area contributed by atoms with Gasteiger partial charge >= 0.3 is 0 Å². The molecule has 0 spiro atoms. The van der Waals surface area contributed by atoms with Crippen molar-refractivity contribution in [1.82, 2.24) is 0 Å². The molecule has 0 amide bonds. The van der Waals surface area contributed by atoms with Gasteiger partial charge in [-0.3, -0.25) is 50.6 Å². The summed E-state index contributed by atoms with van der Waals surface area (Å²) >= 11 is 0. The number of hydrogen-bond donors (Lipinski definition) is 1. The molecular formula is C12H6N6O10. The van der Waals surface area contributed by atoms with Crippen molar-refractivity contribution in [3.8, 4) is 11.1 Å². The Balaban J connectivity index is 3.08. The van der Waals surface area contributed by atoms with Crippen LogP contribution in [0.4, 0.5) is 34.1 Å². The number of anilines is 1. The standard InChI is InChI=1S/C12H6N6O10/c13-12-7(1-5(14(19)20)4-10(12)18(27)28)11-8(16(23)24)2-6(15(21)22)3-9(11)17(25)26/h1-4H,13H2. The van der Waals surface area contributed by atoms with Crippen LogP contribution in [0.3, 0.4) is 0 Å². The zero-order chi connectivity index (χ0) is 21.3. The minimum Gasteiger partial charge on any atom is -0.393 e. The molecule has 2 aromatic rings. The van der Waals surface area contributed by atoms with E-state index in [-0.39, 0.29) is 0 Å². The zero-order valence-electron chi connectivity index (χ0n) is 13.2. The number of non-ortho nitro benzene ring substituents is 2. The molecule has 16 heteroatoms. The van der Waals surface area contributed by atoms with Crippen LogP contribution < -0.4 is 5.73 Å².